The van der Waals surface area contributed by atoms with Crippen molar-refractivity contribution in [2.75, 3.05) is 32.0 Å². The minimum atomic E-state index is -4.41. The van der Waals surface area contributed by atoms with E-state index in [1.807, 2.05) is 0 Å². The minimum Gasteiger partial charge on any atom is -0.619 e. The monoisotopic (exact) mass is 892 g/mol. The van der Waals surface area contributed by atoms with E-state index >= 15 is 0 Å². The van der Waals surface area contributed by atoms with Gasteiger partial charge in [0.05, 0.1) is 11.5 Å². The second kappa shape index (κ2) is 19.4. The molecule has 59 heavy (non-hydrogen) atoms. The first-order chi connectivity index (χ1) is 28.2. The third kappa shape index (κ3) is 11.2. The number of esters is 1. The van der Waals surface area contributed by atoms with Crippen LogP contribution in [0.25, 0.3) is 0 Å². The lowest BCUT2D eigenvalue weighted by molar-refractivity contribution is -0.605. The Morgan fingerprint density at radius 3 is 2.25 bits per heavy atom. The van der Waals surface area contributed by atoms with E-state index in [0.29, 0.717) is 16.6 Å². The normalized spacial score (nSPS) is 16.0. The number of sulfonamides is 1. The summed E-state index contributed by atoms with van der Waals surface area (Å²) in [6, 6.07) is 15.3. The zero-order valence-electron chi connectivity index (χ0n) is 30.9. The van der Waals surface area contributed by atoms with E-state index in [2.05, 4.69) is 15.4 Å². The predicted molar refractivity (Wildman–Crippen MR) is 212 cm³/mol. The van der Waals surface area contributed by atoms with Crippen LogP contribution in [0.4, 0.5) is 8.78 Å². The largest absolute Gasteiger partial charge is 0.619 e. The number of carbonyl (C=O) groups excluding carboxylic acids is 4. The molecule has 6 rings (SSSR count). The Bertz CT molecular complexity index is 2320. The molecule has 2 fully saturated rings. The van der Waals surface area contributed by atoms with Gasteiger partial charge in [-0.1, -0.05) is 47.5 Å². The van der Waals surface area contributed by atoms with E-state index in [-0.39, 0.29) is 93.0 Å². The summed E-state index contributed by atoms with van der Waals surface area (Å²) in [4.78, 5) is 50.2. The van der Waals surface area contributed by atoms with Crippen LogP contribution in [0.15, 0.2) is 84.0 Å². The summed E-state index contributed by atoms with van der Waals surface area (Å²) in [6.07, 6.45) is 3.09. The van der Waals surface area contributed by atoms with Crippen molar-refractivity contribution in [1.29, 1.82) is 0 Å². The van der Waals surface area contributed by atoms with E-state index in [0.717, 1.165) is 47.4 Å². The highest BCUT2D eigenvalue weighted by Crippen LogP contribution is 2.39. The summed E-state index contributed by atoms with van der Waals surface area (Å²) in [6.45, 7) is -2.96. The standard InChI is InChI=1S/C39H36Cl2F2N4O10S2/c40-30-19-46(52)20-31(41)29(30)18-33(25-9-10-32(57-39(42)43)34(17-25)55-22-23-7-8-23)56-38(51)37-47(13-14-58-37)59(53,54)28-6-2-5-27(16-28)36(50)45-12-11-44-35(49)26-4-1-3-24(15-26)21-48/h1-6,9-10,15-17,19-21,23,33,37,39H,7-8,11-14,18,22H2,(H,44,49)(H,45,50). The third-order valence-electron chi connectivity index (χ3n) is 9.17. The van der Waals surface area contributed by atoms with Crippen molar-refractivity contribution in [3.8, 4) is 11.5 Å². The first kappa shape index (κ1) is 43.6. The number of halogens is 4. The van der Waals surface area contributed by atoms with Gasteiger partial charge in [-0.25, -0.2) is 13.2 Å². The van der Waals surface area contributed by atoms with Crippen LogP contribution in [0.1, 0.15) is 61.1 Å². The number of hydrogen-bond donors (Lipinski definition) is 2. The predicted octanol–water partition coefficient (Wildman–Crippen LogP) is 5.58. The van der Waals surface area contributed by atoms with E-state index in [9.17, 15) is 41.6 Å². The van der Waals surface area contributed by atoms with Crippen LogP contribution < -0.4 is 24.8 Å². The minimum absolute atomic E-state index is 0.000823. The molecule has 2 N–H and O–H groups in total. The van der Waals surface area contributed by atoms with Crippen LogP contribution in [0.2, 0.25) is 10.0 Å². The smallest absolute Gasteiger partial charge is 0.387 e. The summed E-state index contributed by atoms with van der Waals surface area (Å²) in [5.74, 6) is -1.87. The van der Waals surface area contributed by atoms with Gasteiger partial charge in [0.1, 0.15) is 22.4 Å². The Morgan fingerprint density at radius 1 is 0.949 bits per heavy atom. The molecule has 4 aromatic rings. The quantitative estimate of drug-likeness (QED) is 0.0418. The number of hydrogen-bond acceptors (Lipinski definition) is 11. The molecule has 1 aliphatic heterocycles. The Hall–Kier alpha value is -5.01. The summed E-state index contributed by atoms with van der Waals surface area (Å²) in [7, 11) is -4.41. The number of alkyl halides is 2. The SMILES string of the molecule is O=Cc1cccc(C(=O)NCCNC(=O)c2cccc(S(=O)(=O)N3CCSC3C(=O)OC(Cc3c(Cl)c[n+]([O-])cc3Cl)c3ccc(OC(F)F)c(OCC4CC4)c3)c2)c1. The number of rotatable bonds is 18. The maximum Gasteiger partial charge on any atom is 0.387 e. The lowest BCUT2D eigenvalue weighted by Crippen LogP contribution is -2.41. The molecule has 2 heterocycles. The number of thioether (sulfide) groups is 1. The van der Waals surface area contributed by atoms with Crippen LogP contribution in [0.5, 0.6) is 11.5 Å². The Morgan fingerprint density at radius 2 is 1.61 bits per heavy atom. The van der Waals surface area contributed by atoms with Crippen molar-refractivity contribution in [1.82, 2.24) is 14.9 Å². The Kier molecular flexibility index (Phi) is 14.3. The van der Waals surface area contributed by atoms with Crippen molar-refractivity contribution >= 4 is 69.1 Å². The molecule has 1 saturated heterocycles. The molecule has 3 aromatic carbocycles. The molecule has 14 nitrogen and oxygen atoms in total. The van der Waals surface area contributed by atoms with Crippen LogP contribution >= 0.6 is 35.0 Å². The lowest BCUT2D eigenvalue weighted by atomic mass is 10.0. The van der Waals surface area contributed by atoms with Gasteiger partial charge in [-0.3, -0.25) is 14.4 Å². The van der Waals surface area contributed by atoms with Gasteiger partial charge in [-0.05, 0) is 66.8 Å². The molecule has 2 amide bonds. The number of pyridine rings is 1. The molecule has 20 heteroatoms. The fourth-order valence-corrected chi connectivity index (χ4v) is 9.68. The molecule has 1 saturated carbocycles. The first-order valence-corrected chi connectivity index (χ1v) is 21.3. The van der Waals surface area contributed by atoms with Crippen molar-refractivity contribution < 1.29 is 55.3 Å². The molecular weight excluding hydrogens is 857 g/mol. The number of aldehydes is 1. The maximum absolute atomic E-state index is 14.1. The molecule has 0 radical (unpaired) electrons. The van der Waals surface area contributed by atoms with Crippen molar-refractivity contribution in [3.63, 3.8) is 0 Å². The van der Waals surface area contributed by atoms with Gasteiger partial charge in [-0.2, -0.15) is 17.8 Å². The van der Waals surface area contributed by atoms with E-state index in [4.69, 9.17) is 32.7 Å². The van der Waals surface area contributed by atoms with Gasteiger partial charge in [0.2, 0.25) is 10.0 Å². The zero-order chi connectivity index (χ0) is 42.3. The van der Waals surface area contributed by atoms with Gasteiger partial charge in [0.25, 0.3) is 11.8 Å². The number of aromatic nitrogens is 1. The second-order valence-electron chi connectivity index (χ2n) is 13.4. The highest BCUT2D eigenvalue weighted by molar-refractivity contribution is 8.02. The Balaban J connectivity index is 1.18. The maximum atomic E-state index is 14.1. The second-order valence-corrected chi connectivity index (χ2v) is 17.3. The van der Waals surface area contributed by atoms with Crippen molar-refractivity contribution in [2.45, 2.75) is 42.2 Å². The topological polar surface area (TPSA) is 184 Å². The fourth-order valence-electron chi connectivity index (χ4n) is 5.99. The number of amides is 2. The Labute approximate surface area is 351 Å². The molecular formula is C39H36Cl2F2N4O10S2. The highest BCUT2D eigenvalue weighted by Gasteiger charge is 2.42. The van der Waals surface area contributed by atoms with Crippen LogP contribution in [-0.4, -0.2) is 80.8 Å². The summed E-state index contributed by atoms with van der Waals surface area (Å²) in [5.41, 5.74) is 1.06. The summed E-state index contributed by atoms with van der Waals surface area (Å²) in [5, 5.41) is 15.7. The molecule has 1 aliphatic carbocycles. The average Bonchev–Trinajstić information content (AvgIpc) is 3.91. The van der Waals surface area contributed by atoms with E-state index in [1.54, 1.807) is 12.1 Å². The average molecular weight is 894 g/mol. The van der Waals surface area contributed by atoms with Crippen LogP contribution in [-0.2, 0) is 26.0 Å². The number of nitrogens with zero attached hydrogens (tertiary/aromatic N) is 2. The fraction of sp³-hybridized carbons (Fsp3) is 0.308. The number of benzene rings is 3. The van der Waals surface area contributed by atoms with Gasteiger partial charge in [-0.15, -0.1) is 11.8 Å². The van der Waals surface area contributed by atoms with Crippen LogP contribution in [0.3, 0.4) is 0 Å². The molecule has 2 unspecified atom stereocenters. The number of nitrogens with one attached hydrogen (secondary N) is 2. The molecule has 1 aromatic heterocycles. The highest BCUT2D eigenvalue weighted by atomic mass is 35.5. The molecule has 2 aliphatic rings. The van der Waals surface area contributed by atoms with E-state index < -0.39 is 45.9 Å². The van der Waals surface area contributed by atoms with E-state index in [1.165, 1.54) is 48.5 Å². The zero-order valence-corrected chi connectivity index (χ0v) is 34.0. The third-order valence-corrected chi connectivity index (χ3v) is 13.0. The van der Waals surface area contributed by atoms with Crippen molar-refractivity contribution in [2.24, 2.45) is 5.92 Å². The molecule has 0 bridgehead atoms. The summed E-state index contributed by atoms with van der Waals surface area (Å²) >= 11 is 13.8. The molecule has 312 valence electrons. The summed E-state index contributed by atoms with van der Waals surface area (Å²) < 4.78 is 72.5. The lowest BCUT2D eigenvalue weighted by Gasteiger charge is -2.26. The number of carbonyl (C=O) groups is 4. The van der Waals surface area contributed by atoms with Gasteiger partial charge < -0.3 is 30.1 Å². The number of ether oxygens (including phenoxy) is 3. The molecule has 0 spiro atoms. The first-order valence-electron chi connectivity index (χ1n) is 18.1. The van der Waals surface area contributed by atoms with Gasteiger partial charge >= 0.3 is 12.6 Å². The van der Waals surface area contributed by atoms with Gasteiger partial charge in [0.15, 0.2) is 29.3 Å². The van der Waals surface area contributed by atoms with Crippen molar-refractivity contribution in [3.05, 3.63) is 122 Å². The van der Waals surface area contributed by atoms with Crippen LogP contribution in [0, 0.1) is 11.1 Å². The molecule has 2 atom stereocenters. The van der Waals surface area contributed by atoms with Gasteiger partial charge in [0, 0.05) is 54.1 Å².